The zero-order chi connectivity index (χ0) is 29.1. The average molecular weight is 558 g/mol. The number of carbonyl (C=O) groups is 2. The summed E-state index contributed by atoms with van der Waals surface area (Å²) in [6.07, 6.45) is 0. The Morgan fingerprint density at radius 1 is 0.512 bits per heavy atom. The van der Waals surface area contributed by atoms with Gasteiger partial charge in [-0.2, -0.15) is 0 Å². The van der Waals surface area contributed by atoms with Gasteiger partial charge in [0.2, 0.25) is 0 Å². The first-order valence-corrected chi connectivity index (χ1v) is 14.0. The first-order valence-electron chi connectivity index (χ1n) is 14.0. The highest BCUT2D eigenvalue weighted by Crippen LogP contribution is 2.40. The fraction of sp³-hybridized carbons (Fsp3) is 0.0278. The van der Waals surface area contributed by atoms with E-state index in [1.165, 1.54) is 11.9 Å². The minimum absolute atomic E-state index is 0.296. The van der Waals surface area contributed by atoms with E-state index < -0.39 is 0 Å². The molecule has 0 saturated carbocycles. The highest BCUT2D eigenvalue weighted by Gasteiger charge is 2.36. The van der Waals surface area contributed by atoms with Crippen molar-refractivity contribution >= 4 is 33.6 Å². The van der Waals surface area contributed by atoms with Crippen molar-refractivity contribution < 1.29 is 9.59 Å². The Bertz CT molecular complexity index is 2180. The van der Waals surface area contributed by atoms with Gasteiger partial charge in [0.1, 0.15) is 0 Å². The van der Waals surface area contributed by atoms with Gasteiger partial charge in [-0.3, -0.25) is 14.5 Å². The van der Waals surface area contributed by atoms with E-state index in [1.807, 2.05) is 109 Å². The van der Waals surface area contributed by atoms with Gasteiger partial charge in [-0.25, -0.2) is 15.0 Å². The molecule has 7 aromatic rings. The van der Waals surface area contributed by atoms with Gasteiger partial charge < -0.3 is 4.57 Å². The summed E-state index contributed by atoms with van der Waals surface area (Å²) in [6, 6.07) is 39.3. The third-order valence-electron chi connectivity index (χ3n) is 7.97. The minimum Gasteiger partial charge on any atom is -0.308 e. The highest BCUT2D eigenvalue weighted by molar-refractivity contribution is 6.24. The molecule has 1 aliphatic heterocycles. The number of imide groups is 1. The van der Waals surface area contributed by atoms with E-state index >= 15 is 0 Å². The summed E-state index contributed by atoms with van der Waals surface area (Å²) in [7, 11) is 1.52. The maximum absolute atomic E-state index is 13.3. The number of fused-ring (bicyclic) bond motifs is 4. The van der Waals surface area contributed by atoms with E-state index in [9.17, 15) is 9.59 Å². The van der Waals surface area contributed by atoms with Crippen LogP contribution in [0.4, 0.5) is 0 Å². The smallest absolute Gasteiger partial charge is 0.263 e. The van der Waals surface area contributed by atoms with Crippen LogP contribution >= 0.6 is 0 Å². The molecule has 7 heteroatoms. The normalized spacial score (nSPS) is 12.8. The minimum atomic E-state index is -0.310. The number of carbonyl (C=O) groups excluding carboxylic acids is 2. The van der Waals surface area contributed by atoms with Crippen molar-refractivity contribution in [2.75, 3.05) is 7.05 Å². The number of aromatic nitrogens is 4. The number of nitrogens with zero attached hydrogens (tertiary/aromatic N) is 5. The van der Waals surface area contributed by atoms with Gasteiger partial charge >= 0.3 is 0 Å². The van der Waals surface area contributed by atoms with Crippen molar-refractivity contribution in [3.63, 3.8) is 0 Å². The quantitative estimate of drug-likeness (QED) is 0.214. The summed E-state index contributed by atoms with van der Waals surface area (Å²) < 4.78 is 2.06. The molecule has 2 amide bonds. The molecule has 3 heterocycles. The zero-order valence-corrected chi connectivity index (χ0v) is 23.1. The summed E-state index contributed by atoms with van der Waals surface area (Å²) in [6.45, 7) is 0. The highest BCUT2D eigenvalue weighted by atomic mass is 16.2. The Labute approximate surface area is 246 Å². The van der Waals surface area contributed by atoms with Crippen LogP contribution < -0.4 is 0 Å². The molecule has 8 rings (SSSR count). The second-order valence-electron chi connectivity index (χ2n) is 10.5. The zero-order valence-electron chi connectivity index (χ0n) is 23.1. The Hall–Kier alpha value is -5.95. The van der Waals surface area contributed by atoms with Gasteiger partial charge in [0.25, 0.3) is 11.8 Å². The van der Waals surface area contributed by atoms with Crippen molar-refractivity contribution in [2.24, 2.45) is 0 Å². The van der Waals surface area contributed by atoms with Gasteiger partial charge in [0.15, 0.2) is 17.5 Å². The van der Waals surface area contributed by atoms with Crippen LogP contribution in [-0.2, 0) is 0 Å². The number of hydrogen-bond donors (Lipinski definition) is 0. The van der Waals surface area contributed by atoms with Gasteiger partial charge in [0, 0.05) is 34.5 Å². The number of para-hydroxylation sites is 1. The molecule has 43 heavy (non-hydrogen) atoms. The van der Waals surface area contributed by atoms with E-state index in [2.05, 4.69) is 10.6 Å². The summed E-state index contributed by atoms with van der Waals surface area (Å²) in [5, 5.41) is 1.93. The topological polar surface area (TPSA) is 81.0 Å². The number of amides is 2. The van der Waals surface area contributed by atoms with Crippen LogP contribution in [0.25, 0.3) is 61.7 Å². The molecule has 0 atom stereocenters. The second kappa shape index (κ2) is 9.56. The van der Waals surface area contributed by atoms with E-state index in [4.69, 9.17) is 15.0 Å². The van der Waals surface area contributed by atoms with Crippen LogP contribution in [0.3, 0.4) is 0 Å². The number of benzene rings is 5. The van der Waals surface area contributed by atoms with Gasteiger partial charge in [0.05, 0.1) is 27.8 Å². The molecule has 0 saturated heterocycles. The third-order valence-corrected chi connectivity index (χ3v) is 7.97. The molecule has 1 aliphatic rings. The van der Waals surface area contributed by atoms with Gasteiger partial charge in [-0.1, -0.05) is 97.1 Å². The average Bonchev–Trinajstić information content (AvgIpc) is 3.52. The largest absolute Gasteiger partial charge is 0.308 e. The van der Waals surface area contributed by atoms with Crippen LogP contribution in [-0.4, -0.2) is 43.3 Å². The Balaban J connectivity index is 1.44. The van der Waals surface area contributed by atoms with Crippen LogP contribution in [0.5, 0.6) is 0 Å². The molecule has 0 radical (unpaired) electrons. The van der Waals surface area contributed by atoms with E-state index in [1.54, 1.807) is 6.07 Å². The van der Waals surface area contributed by atoms with Crippen molar-refractivity contribution in [2.45, 2.75) is 0 Å². The predicted octanol–water partition coefficient (Wildman–Crippen LogP) is 7.20. The molecular formula is C36H23N5O2. The van der Waals surface area contributed by atoms with Crippen LogP contribution in [0, 0.1) is 0 Å². The van der Waals surface area contributed by atoms with Crippen molar-refractivity contribution in [3.05, 3.63) is 132 Å². The predicted molar refractivity (Wildman–Crippen MR) is 167 cm³/mol. The van der Waals surface area contributed by atoms with Crippen LogP contribution in [0.15, 0.2) is 121 Å². The summed E-state index contributed by atoms with van der Waals surface area (Å²) in [5.41, 5.74) is 5.89. The second-order valence-corrected chi connectivity index (χ2v) is 10.5. The van der Waals surface area contributed by atoms with E-state index in [0.717, 1.165) is 38.5 Å². The Kier molecular flexibility index (Phi) is 5.52. The molecule has 2 aromatic heterocycles. The molecule has 7 nitrogen and oxygen atoms in total. The number of hydrogen-bond acceptors (Lipinski definition) is 5. The molecule has 0 spiro atoms. The van der Waals surface area contributed by atoms with Crippen molar-refractivity contribution in [3.8, 4) is 39.9 Å². The molecular weight excluding hydrogens is 534 g/mol. The molecule has 0 bridgehead atoms. The molecule has 5 aromatic carbocycles. The Morgan fingerprint density at radius 3 is 1.77 bits per heavy atom. The van der Waals surface area contributed by atoms with E-state index in [-0.39, 0.29) is 11.8 Å². The first-order chi connectivity index (χ1) is 21.1. The molecule has 0 fully saturated rings. The lowest BCUT2D eigenvalue weighted by Crippen LogP contribution is -2.24. The standard InChI is InChI=1S/C36H23N5O2/c1-40-35(42)26-18-11-21-29(31(26)36(40)43)41-27-19-9-8-16-24(27)30-25(17-10-20-28(30)41)34-38-32(22-12-4-2-5-13-22)37-33(39-34)23-14-6-3-7-15-23/h2-21H,1H3. The molecule has 204 valence electrons. The van der Waals surface area contributed by atoms with Gasteiger partial charge in [-0.15, -0.1) is 0 Å². The third kappa shape index (κ3) is 3.79. The lowest BCUT2D eigenvalue weighted by Gasteiger charge is -2.12. The molecule has 0 aliphatic carbocycles. The Morgan fingerprint density at radius 2 is 1.07 bits per heavy atom. The van der Waals surface area contributed by atoms with Crippen molar-refractivity contribution in [1.82, 2.24) is 24.4 Å². The van der Waals surface area contributed by atoms with Gasteiger partial charge in [-0.05, 0) is 24.3 Å². The molecule has 0 unspecified atom stereocenters. The summed E-state index contributed by atoms with van der Waals surface area (Å²) in [5.74, 6) is 1.10. The summed E-state index contributed by atoms with van der Waals surface area (Å²) in [4.78, 5) is 42.2. The van der Waals surface area contributed by atoms with E-state index in [0.29, 0.717) is 34.3 Å². The van der Waals surface area contributed by atoms with Crippen molar-refractivity contribution in [1.29, 1.82) is 0 Å². The maximum Gasteiger partial charge on any atom is 0.263 e. The SMILES string of the molecule is CN1C(=O)c2cccc(-n3c4ccccc4c4c(-c5nc(-c6ccccc6)nc(-c6ccccc6)n5)cccc43)c2C1=O. The number of rotatable bonds is 4. The monoisotopic (exact) mass is 557 g/mol. The van der Waals surface area contributed by atoms with Crippen LogP contribution in [0.2, 0.25) is 0 Å². The molecule has 0 N–H and O–H groups in total. The van der Waals surface area contributed by atoms with Crippen LogP contribution in [0.1, 0.15) is 20.7 Å². The fourth-order valence-electron chi connectivity index (χ4n) is 5.96. The first kappa shape index (κ1) is 24.8. The summed E-state index contributed by atoms with van der Waals surface area (Å²) >= 11 is 0. The lowest BCUT2D eigenvalue weighted by molar-refractivity contribution is 0.0693. The fourth-order valence-corrected chi connectivity index (χ4v) is 5.96. The lowest BCUT2D eigenvalue weighted by atomic mass is 10.1. The maximum atomic E-state index is 13.3.